The summed E-state index contributed by atoms with van der Waals surface area (Å²) in [5.74, 6) is -1.24. The fourth-order valence-corrected chi connectivity index (χ4v) is 3.15. The first-order valence-corrected chi connectivity index (χ1v) is 8.23. The quantitative estimate of drug-likeness (QED) is 0.922. The number of carboxylic acid groups (broad SMARTS) is 1. The molecule has 24 heavy (non-hydrogen) atoms. The van der Waals surface area contributed by atoms with E-state index >= 15 is 0 Å². The maximum Gasteiger partial charge on any atom is 0.326 e. The highest BCUT2D eigenvalue weighted by molar-refractivity contribution is 6.31. The number of hydrogen-bond acceptors (Lipinski definition) is 3. The van der Waals surface area contributed by atoms with Crippen LogP contribution in [0.4, 0.5) is 0 Å². The molecular weight excluding hydrogens is 330 g/mol. The van der Waals surface area contributed by atoms with Crippen molar-refractivity contribution in [1.29, 1.82) is 0 Å². The van der Waals surface area contributed by atoms with Crippen LogP contribution in [0.2, 0.25) is 5.02 Å². The molecule has 2 aromatic rings. The van der Waals surface area contributed by atoms with Gasteiger partial charge in [-0.15, -0.1) is 0 Å². The highest BCUT2D eigenvalue weighted by atomic mass is 35.5. The summed E-state index contributed by atoms with van der Waals surface area (Å²) in [6, 6.07) is 6.70. The van der Waals surface area contributed by atoms with Crippen molar-refractivity contribution in [2.24, 2.45) is 0 Å². The van der Waals surface area contributed by atoms with E-state index in [1.54, 1.807) is 16.9 Å². The topological polar surface area (TPSA) is 75.4 Å². The van der Waals surface area contributed by atoms with Gasteiger partial charge in [-0.05, 0) is 30.9 Å². The van der Waals surface area contributed by atoms with Gasteiger partial charge in [0.1, 0.15) is 6.04 Å². The minimum atomic E-state index is -0.952. The van der Waals surface area contributed by atoms with Crippen molar-refractivity contribution in [3.05, 3.63) is 52.8 Å². The first-order valence-electron chi connectivity index (χ1n) is 7.86. The average molecular weight is 348 g/mol. The minimum Gasteiger partial charge on any atom is -0.480 e. The molecular formula is C17H18ClN3O3. The molecule has 2 heterocycles. The van der Waals surface area contributed by atoms with Crippen molar-refractivity contribution in [2.45, 2.75) is 31.8 Å². The van der Waals surface area contributed by atoms with Gasteiger partial charge in [0, 0.05) is 17.8 Å². The molecule has 0 bridgehead atoms. The molecule has 0 aliphatic carbocycles. The van der Waals surface area contributed by atoms with Crippen LogP contribution in [0, 0.1) is 0 Å². The van der Waals surface area contributed by atoms with Gasteiger partial charge < -0.3 is 10.0 Å². The molecule has 3 rings (SSSR count). The lowest BCUT2D eigenvalue weighted by atomic mass is 10.0. The standard InChI is InChI=1S/C17H18ClN3O3/c18-14-6-2-1-5-12(14)10-20-11-13(9-19-20)16(22)21-8-4-3-7-15(21)17(23)24/h1-2,5-6,9,11,15H,3-4,7-8,10H2,(H,23,24). The first kappa shape index (κ1) is 16.5. The van der Waals surface area contributed by atoms with Crippen molar-refractivity contribution in [1.82, 2.24) is 14.7 Å². The van der Waals surface area contributed by atoms with E-state index in [-0.39, 0.29) is 5.91 Å². The van der Waals surface area contributed by atoms with Gasteiger partial charge in [0.05, 0.1) is 18.3 Å². The molecule has 1 aliphatic heterocycles. The van der Waals surface area contributed by atoms with E-state index in [0.717, 1.165) is 18.4 Å². The number of carboxylic acids is 1. The Morgan fingerprint density at radius 1 is 1.29 bits per heavy atom. The second-order valence-electron chi connectivity index (χ2n) is 5.87. The molecule has 0 saturated carbocycles. The summed E-state index contributed by atoms with van der Waals surface area (Å²) in [5.41, 5.74) is 1.30. The minimum absolute atomic E-state index is 0.285. The van der Waals surface area contributed by atoms with Crippen LogP contribution in [-0.2, 0) is 11.3 Å². The van der Waals surface area contributed by atoms with E-state index in [1.807, 2.05) is 18.2 Å². The van der Waals surface area contributed by atoms with E-state index in [4.69, 9.17) is 11.6 Å². The number of aromatic nitrogens is 2. The zero-order valence-corrected chi connectivity index (χ0v) is 13.8. The summed E-state index contributed by atoms with van der Waals surface area (Å²) >= 11 is 6.14. The summed E-state index contributed by atoms with van der Waals surface area (Å²) in [5, 5.41) is 14.1. The van der Waals surface area contributed by atoms with Crippen LogP contribution >= 0.6 is 11.6 Å². The number of amides is 1. The third kappa shape index (κ3) is 3.43. The monoisotopic (exact) mass is 347 g/mol. The molecule has 1 saturated heterocycles. The Labute approximate surface area is 144 Å². The van der Waals surface area contributed by atoms with Crippen LogP contribution in [0.3, 0.4) is 0 Å². The number of halogens is 1. The fourth-order valence-electron chi connectivity index (χ4n) is 2.96. The highest BCUT2D eigenvalue weighted by Gasteiger charge is 2.32. The molecule has 1 atom stereocenters. The van der Waals surface area contributed by atoms with Crippen molar-refractivity contribution >= 4 is 23.5 Å². The van der Waals surface area contributed by atoms with Gasteiger partial charge in [-0.25, -0.2) is 4.79 Å². The second kappa shape index (κ2) is 7.05. The van der Waals surface area contributed by atoms with Crippen LogP contribution in [0.15, 0.2) is 36.7 Å². The summed E-state index contributed by atoms with van der Waals surface area (Å²) < 4.78 is 1.63. The van der Waals surface area contributed by atoms with Gasteiger partial charge in [-0.2, -0.15) is 5.10 Å². The molecule has 7 heteroatoms. The SMILES string of the molecule is O=C(O)C1CCCCN1C(=O)c1cnn(Cc2ccccc2Cl)c1. The Bertz CT molecular complexity index is 759. The predicted octanol–water partition coefficient (Wildman–Crippen LogP) is 2.66. The fraction of sp³-hybridized carbons (Fsp3) is 0.353. The molecule has 6 nitrogen and oxygen atoms in total. The Morgan fingerprint density at radius 2 is 2.08 bits per heavy atom. The van der Waals surface area contributed by atoms with E-state index in [1.165, 1.54) is 11.1 Å². The molecule has 0 radical (unpaired) electrons. The number of nitrogens with zero attached hydrogens (tertiary/aromatic N) is 3. The van der Waals surface area contributed by atoms with Crippen LogP contribution < -0.4 is 0 Å². The number of carbonyl (C=O) groups is 2. The zero-order valence-electron chi connectivity index (χ0n) is 13.1. The Morgan fingerprint density at radius 3 is 2.83 bits per heavy atom. The van der Waals surface area contributed by atoms with Crippen molar-refractivity contribution < 1.29 is 14.7 Å². The Balaban J connectivity index is 1.76. The number of likely N-dealkylation sites (tertiary alicyclic amines) is 1. The molecule has 126 valence electrons. The maximum absolute atomic E-state index is 12.6. The number of benzene rings is 1. The lowest BCUT2D eigenvalue weighted by Crippen LogP contribution is -2.47. The molecule has 1 fully saturated rings. The van der Waals surface area contributed by atoms with Gasteiger partial charge >= 0.3 is 5.97 Å². The van der Waals surface area contributed by atoms with Crippen LogP contribution in [0.25, 0.3) is 0 Å². The molecule has 1 unspecified atom stereocenters. The number of aliphatic carboxylic acids is 1. The van der Waals surface area contributed by atoms with E-state index in [0.29, 0.717) is 30.1 Å². The Hall–Kier alpha value is -2.34. The third-order valence-electron chi connectivity index (χ3n) is 4.22. The van der Waals surface area contributed by atoms with Gasteiger partial charge in [0.25, 0.3) is 5.91 Å². The van der Waals surface area contributed by atoms with E-state index < -0.39 is 12.0 Å². The maximum atomic E-state index is 12.6. The van der Waals surface area contributed by atoms with Gasteiger partial charge in [0.15, 0.2) is 0 Å². The van der Waals surface area contributed by atoms with Crippen LogP contribution in [0.5, 0.6) is 0 Å². The number of carbonyl (C=O) groups excluding carboxylic acids is 1. The summed E-state index contributed by atoms with van der Waals surface area (Å²) in [6.45, 7) is 0.917. The van der Waals surface area contributed by atoms with Crippen molar-refractivity contribution in [3.8, 4) is 0 Å². The first-order chi connectivity index (χ1) is 11.6. The molecule has 0 spiro atoms. The highest BCUT2D eigenvalue weighted by Crippen LogP contribution is 2.20. The van der Waals surface area contributed by atoms with Crippen LogP contribution in [-0.4, -0.2) is 44.3 Å². The number of hydrogen-bond donors (Lipinski definition) is 1. The number of piperidine rings is 1. The average Bonchev–Trinajstić information content (AvgIpc) is 3.05. The largest absolute Gasteiger partial charge is 0.480 e. The van der Waals surface area contributed by atoms with Gasteiger partial charge in [-0.3, -0.25) is 9.48 Å². The Kier molecular flexibility index (Phi) is 4.85. The van der Waals surface area contributed by atoms with E-state index in [9.17, 15) is 14.7 Å². The van der Waals surface area contributed by atoms with Gasteiger partial charge in [-0.1, -0.05) is 29.8 Å². The number of rotatable bonds is 4. The molecule has 1 aromatic heterocycles. The lowest BCUT2D eigenvalue weighted by molar-refractivity contribution is -0.143. The predicted molar refractivity (Wildman–Crippen MR) is 89.1 cm³/mol. The second-order valence-corrected chi connectivity index (χ2v) is 6.27. The van der Waals surface area contributed by atoms with Crippen molar-refractivity contribution in [2.75, 3.05) is 6.54 Å². The molecule has 1 aromatic carbocycles. The third-order valence-corrected chi connectivity index (χ3v) is 4.59. The molecule has 1 amide bonds. The smallest absolute Gasteiger partial charge is 0.326 e. The van der Waals surface area contributed by atoms with E-state index in [2.05, 4.69) is 5.10 Å². The summed E-state index contributed by atoms with van der Waals surface area (Å²) in [7, 11) is 0. The van der Waals surface area contributed by atoms with Crippen LogP contribution in [0.1, 0.15) is 35.2 Å². The molecule has 1 aliphatic rings. The lowest BCUT2D eigenvalue weighted by Gasteiger charge is -2.32. The summed E-state index contributed by atoms with van der Waals surface area (Å²) in [6.07, 6.45) is 5.26. The molecule has 1 N–H and O–H groups in total. The van der Waals surface area contributed by atoms with Gasteiger partial charge in [0.2, 0.25) is 0 Å². The normalized spacial score (nSPS) is 17.7. The van der Waals surface area contributed by atoms with Crippen molar-refractivity contribution in [3.63, 3.8) is 0 Å². The zero-order chi connectivity index (χ0) is 17.1. The summed E-state index contributed by atoms with van der Waals surface area (Å²) in [4.78, 5) is 25.4.